The van der Waals surface area contributed by atoms with Crippen LogP contribution in [-0.4, -0.2) is 28.2 Å². The molecular weight excluding hydrogens is 416 g/mol. The molecule has 0 saturated heterocycles. The number of aromatic nitrogens is 3. The molecule has 7 nitrogen and oxygen atoms in total. The molecule has 0 aliphatic rings. The van der Waals surface area contributed by atoms with Crippen molar-refractivity contribution >= 4 is 22.5 Å². The van der Waals surface area contributed by atoms with Gasteiger partial charge in [0.25, 0.3) is 5.91 Å². The van der Waals surface area contributed by atoms with E-state index in [0.717, 1.165) is 22.1 Å². The number of aryl methyl sites for hydroxylation is 1. The lowest BCUT2D eigenvalue weighted by molar-refractivity contribution is 0.102. The molecule has 0 radical (unpaired) electrons. The third kappa shape index (κ3) is 4.04. The molecule has 5 rings (SSSR count). The minimum Gasteiger partial charge on any atom is -0.494 e. The smallest absolute Gasteiger partial charge is 0.255 e. The normalized spacial score (nSPS) is 10.8. The van der Waals surface area contributed by atoms with Gasteiger partial charge in [-0.05, 0) is 67.6 Å². The first-order valence-corrected chi connectivity index (χ1v) is 10.4. The van der Waals surface area contributed by atoms with Gasteiger partial charge >= 0.3 is 0 Å². The zero-order chi connectivity index (χ0) is 22.8. The number of fused-ring (bicyclic) bond motifs is 1. The highest BCUT2D eigenvalue weighted by atomic mass is 16.5. The molecule has 162 valence electrons. The Morgan fingerprint density at radius 2 is 1.55 bits per heavy atom. The molecule has 3 aromatic carbocycles. The van der Waals surface area contributed by atoms with Crippen LogP contribution in [0.4, 0.5) is 5.69 Å². The molecule has 33 heavy (non-hydrogen) atoms. The van der Waals surface area contributed by atoms with Crippen molar-refractivity contribution in [2.24, 2.45) is 0 Å². The predicted molar refractivity (Wildman–Crippen MR) is 126 cm³/mol. The lowest BCUT2D eigenvalue weighted by Crippen LogP contribution is -2.12. The molecule has 0 fully saturated rings. The fourth-order valence-electron chi connectivity index (χ4n) is 3.53. The van der Waals surface area contributed by atoms with Gasteiger partial charge in [-0.2, -0.15) is 0 Å². The Balaban J connectivity index is 1.36. The maximum Gasteiger partial charge on any atom is 0.255 e. The number of methoxy groups -OCH3 is 1. The Morgan fingerprint density at radius 1 is 0.879 bits per heavy atom. The Labute approximate surface area is 190 Å². The van der Waals surface area contributed by atoms with Crippen LogP contribution in [0, 0.1) is 6.92 Å². The lowest BCUT2D eigenvalue weighted by atomic mass is 10.1. The Bertz CT molecular complexity index is 1440. The van der Waals surface area contributed by atoms with Gasteiger partial charge in [0, 0.05) is 28.3 Å². The number of ether oxygens (including phenoxy) is 1. The fourth-order valence-corrected chi connectivity index (χ4v) is 3.53. The first-order valence-electron chi connectivity index (χ1n) is 10.4. The van der Waals surface area contributed by atoms with E-state index in [-0.39, 0.29) is 5.91 Å². The minimum absolute atomic E-state index is 0.234. The first kappa shape index (κ1) is 20.4. The van der Waals surface area contributed by atoms with Crippen molar-refractivity contribution in [3.05, 3.63) is 90.1 Å². The van der Waals surface area contributed by atoms with Gasteiger partial charge in [0.2, 0.25) is 11.8 Å². The number of hydrogen-bond acceptors (Lipinski definition) is 6. The lowest BCUT2D eigenvalue weighted by Gasteiger charge is -2.11. The SMILES string of the molecule is COc1ccc(NC(=O)c2ccc(-c3nnc(-c4ccc(C)cc4)o3)cc2)c2cccnc12. The molecule has 1 amide bonds. The van der Waals surface area contributed by atoms with Crippen LogP contribution < -0.4 is 10.1 Å². The summed E-state index contributed by atoms with van der Waals surface area (Å²) >= 11 is 0. The van der Waals surface area contributed by atoms with Gasteiger partial charge in [0.15, 0.2) is 0 Å². The second-order valence-corrected chi connectivity index (χ2v) is 7.52. The Morgan fingerprint density at radius 3 is 2.21 bits per heavy atom. The molecule has 5 aromatic rings. The maximum atomic E-state index is 12.9. The summed E-state index contributed by atoms with van der Waals surface area (Å²) in [6, 6.07) is 22.2. The number of benzene rings is 3. The van der Waals surface area contributed by atoms with Crippen LogP contribution >= 0.6 is 0 Å². The van der Waals surface area contributed by atoms with Crippen LogP contribution in [0.2, 0.25) is 0 Å². The molecule has 0 spiro atoms. The van der Waals surface area contributed by atoms with E-state index in [0.29, 0.717) is 34.3 Å². The van der Waals surface area contributed by atoms with E-state index in [1.165, 1.54) is 0 Å². The average molecular weight is 436 g/mol. The molecule has 2 heterocycles. The quantitative estimate of drug-likeness (QED) is 0.390. The van der Waals surface area contributed by atoms with Crippen LogP contribution in [0.5, 0.6) is 5.75 Å². The summed E-state index contributed by atoms with van der Waals surface area (Å²) < 4.78 is 11.2. The first-order chi connectivity index (χ1) is 16.1. The van der Waals surface area contributed by atoms with E-state index in [2.05, 4.69) is 20.5 Å². The predicted octanol–water partition coefficient (Wildman–Crippen LogP) is 5.52. The number of amides is 1. The summed E-state index contributed by atoms with van der Waals surface area (Å²) in [6.07, 6.45) is 1.69. The molecule has 0 bridgehead atoms. The van der Waals surface area contributed by atoms with Crippen LogP contribution in [0.25, 0.3) is 33.8 Å². The van der Waals surface area contributed by atoms with Gasteiger partial charge < -0.3 is 14.5 Å². The number of carbonyl (C=O) groups excluding carboxylic acids is 1. The Kier molecular flexibility index (Phi) is 5.28. The van der Waals surface area contributed by atoms with Crippen molar-refractivity contribution in [3.8, 4) is 28.7 Å². The van der Waals surface area contributed by atoms with Gasteiger partial charge in [0.1, 0.15) is 11.3 Å². The van der Waals surface area contributed by atoms with Crippen LogP contribution in [-0.2, 0) is 0 Å². The standard InChI is InChI=1S/C26H20N4O3/c1-16-5-7-18(8-6-16)25-29-30-26(33-25)19-11-9-17(10-12-19)24(31)28-21-13-14-22(32-2)23-20(21)4-3-15-27-23/h3-15H,1-2H3,(H,28,31). The molecular formula is C26H20N4O3. The van der Waals surface area contributed by atoms with Crippen LogP contribution in [0.15, 0.2) is 83.4 Å². The number of hydrogen-bond donors (Lipinski definition) is 1. The molecule has 0 unspecified atom stereocenters. The van der Waals surface area contributed by atoms with E-state index in [1.54, 1.807) is 49.7 Å². The van der Waals surface area contributed by atoms with E-state index in [4.69, 9.17) is 9.15 Å². The summed E-state index contributed by atoms with van der Waals surface area (Å²) in [5.41, 5.74) is 4.60. The third-order valence-corrected chi connectivity index (χ3v) is 5.32. The molecule has 0 aliphatic carbocycles. The number of carbonyl (C=O) groups is 1. The third-order valence-electron chi connectivity index (χ3n) is 5.32. The molecule has 2 aromatic heterocycles. The number of nitrogens with one attached hydrogen (secondary N) is 1. The fraction of sp³-hybridized carbons (Fsp3) is 0.0769. The molecule has 7 heteroatoms. The maximum absolute atomic E-state index is 12.9. The number of rotatable bonds is 5. The van der Waals surface area contributed by atoms with Crippen molar-refractivity contribution in [1.29, 1.82) is 0 Å². The number of pyridine rings is 1. The van der Waals surface area contributed by atoms with E-state index in [9.17, 15) is 4.79 Å². The highest BCUT2D eigenvalue weighted by Gasteiger charge is 2.14. The van der Waals surface area contributed by atoms with E-state index in [1.807, 2.05) is 43.3 Å². The van der Waals surface area contributed by atoms with Crippen LogP contribution in [0.1, 0.15) is 15.9 Å². The zero-order valence-electron chi connectivity index (χ0n) is 18.1. The minimum atomic E-state index is -0.234. The van der Waals surface area contributed by atoms with Gasteiger partial charge in [-0.15, -0.1) is 10.2 Å². The molecule has 0 atom stereocenters. The van der Waals surface area contributed by atoms with E-state index >= 15 is 0 Å². The summed E-state index contributed by atoms with van der Waals surface area (Å²) in [5, 5.41) is 12.0. The second kappa shape index (κ2) is 8.55. The van der Waals surface area contributed by atoms with Crippen molar-refractivity contribution in [2.45, 2.75) is 6.92 Å². The monoisotopic (exact) mass is 436 g/mol. The van der Waals surface area contributed by atoms with Crippen LogP contribution in [0.3, 0.4) is 0 Å². The van der Waals surface area contributed by atoms with Crippen molar-refractivity contribution in [2.75, 3.05) is 12.4 Å². The zero-order valence-corrected chi connectivity index (χ0v) is 18.1. The molecule has 0 saturated carbocycles. The summed E-state index contributed by atoms with van der Waals surface area (Å²) in [4.78, 5) is 17.2. The highest BCUT2D eigenvalue weighted by molar-refractivity contribution is 6.09. The van der Waals surface area contributed by atoms with Gasteiger partial charge in [-0.1, -0.05) is 17.7 Å². The van der Waals surface area contributed by atoms with Crippen molar-refractivity contribution in [3.63, 3.8) is 0 Å². The Hall–Kier alpha value is -4.52. The average Bonchev–Trinajstić information content (AvgIpc) is 3.35. The topological polar surface area (TPSA) is 90.1 Å². The summed E-state index contributed by atoms with van der Waals surface area (Å²) in [7, 11) is 1.59. The summed E-state index contributed by atoms with van der Waals surface area (Å²) in [6.45, 7) is 2.02. The van der Waals surface area contributed by atoms with Crippen molar-refractivity contribution < 1.29 is 13.9 Å². The molecule has 1 N–H and O–H groups in total. The number of anilines is 1. The summed E-state index contributed by atoms with van der Waals surface area (Å²) in [5.74, 6) is 1.26. The molecule has 0 aliphatic heterocycles. The van der Waals surface area contributed by atoms with Gasteiger partial charge in [-0.25, -0.2) is 0 Å². The van der Waals surface area contributed by atoms with Gasteiger partial charge in [-0.3, -0.25) is 9.78 Å². The van der Waals surface area contributed by atoms with E-state index < -0.39 is 0 Å². The number of nitrogens with zero attached hydrogens (tertiary/aromatic N) is 3. The largest absolute Gasteiger partial charge is 0.494 e. The van der Waals surface area contributed by atoms with Gasteiger partial charge in [0.05, 0.1) is 12.8 Å². The highest BCUT2D eigenvalue weighted by Crippen LogP contribution is 2.30. The second-order valence-electron chi connectivity index (χ2n) is 7.52. The van der Waals surface area contributed by atoms with Crippen molar-refractivity contribution in [1.82, 2.24) is 15.2 Å².